The molecule has 18 heavy (non-hydrogen) atoms. The van der Waals surface area contributed by atoms with Crippen molar-refractivity contribution < 1.29 is 4.79 Å². The zero-order valence-corrected chi connectivity index (χ0v) is 11.5. The first-order valence-electron chi connectivity index (χ1n) is 5.47. The Kier molecular flexibility index (Phi) is 3.93. The van der Waals surface area contributed by atoms with Crippen molar-refractivity contribution >= 4 is 29.0 Å². The minimum atomic E-state index is -0.148. The standard InChI is InChI=1S/C12H12ClN3OS/c1-7(2)14-12(17)11-10(15-16-18-11)8-3-5-9(13)6-4-8/h3-7H,1-2H3,(H,14,17). The molecule has 1 aromatic heterocycles. The number of rotatable bonds is 3. The van der Waals surface area contributed by atoms with Crippen LogP contribution in [0.25, 0.3) is 11.3 Å². The van der Waals surface area contributed by atoms with E-state index in [1.54, 1.807) is 12.1 Å². The Morgan fingerprint density at radius 1 is 1.33 bits per heavy atom. The molecule has 1 aromatic carbocycles. The average Bonchev–Trinajstić information content (AvgIpc) is 2.78. The van der Waals surface area contributed by atoms with Gasteiger partial charge in [-0.25, -0.2) is 0 Å². The Bertz CT molecular complexity index is 551. The summed E-state index contributed by atoms with van der Waals surface area (Å²) < 4.78 is 3.85. The van der Waals surface area contributed by atoms with Crippen LogP contribution >= 0.6 is 23.1 Å². The van der Waals surface area contributed by atoms with E-state index in [1.807, 2.05) is 26.0 Å². The Balaban J connectivity index is 2.33. The zero-order valence-electron chi connectivity index (χ0n) is 9.98. The molecule has 4 nitrogen and oxygen atoms in total. The van der Waals surface area contributed by atoms with Gasteiger partial charge in [0.1, 0.15) is 10.6 Å². The number of hydrogen-bond donors (Lipinski definition) is 1. The first-order chi connectivity index (χ1) is 8.58. The maximum Gasteiger partial charge on any atom is 0.265 e. The second kappa shape index (κ2) is 5.46. The van der Waals surface area contributed by atoms with E-state index in [4.69, 9.17) is 11.6 Å². The second-order valence-corrected chi connectivity index (χ2v) is 5.28. The number of halogens is 1. The fourth-order valence-electron chi connectivity index (χ4n) is 1.46. The molecule has 0 radical (unpaired) electrons. The molecule has 0 saturated heterocycles. The second-order valence-electron chi connectivity index (χ2n) is 4.09. The van der Waals surface area contributed by atoms with Gasteiger partial charge in [0.05, 0.1) is 0 Å². The first kappa shape index (κ1) is 13.0. The van der Waals surface area contributed by atoms with Crippen molar-refractivity contribution in [1.29, 1.82) is 0 Å². The lowest BCUT2D eigenvalue weighted by Gasteiger charge is -2.07. The highest BCUT2D eigenvalue weighted by molar-refractivity contribution is 7.08. The van der Waals surface area contributed by atoms with E-state index < -0.39 is 0 Å². The molecule has 0 unspecified atom stereocenters. The number of nitrogens with one attached hydrogen (secondary N) is 1. The highest BCUT2D eigenvalue weighted by atomic mass is 35.5. The molecule has 2 aromatic rings. The van der Waals surface area contributed by atoms with Crippen molar-refractivity contribution in [3.63, 3.8) is 0 Å². The Morgan fingerprint density at radius 3 is 2.61 bits per heavy atom. The maximum atomic E-state index is 12.0. The third-order valence-corrected chi connectivity index (χ3v) is 3.21. The van der Waals surface area contributed by atoms with E-state index in [9.17, 15) is 4.79 Å². The predicted molar refractivity (Wildman–Crippen MR) is 73.0 cm³/mol. The molecule has 2 rings (SSSR count). The molecule has 1 heterocycles. The van der Waals surface area contributed by atoms with Crippen LogP contribution in [0.4, 0.5) is 0 Å². The van der Waals surface area contributed by atoms with Gasteiger partial charge in [0.15, 0.2) is 0 Å². The lowest BCUT2D eigenvalue weighted by molar-refractivity contribution is 0.0947. The van der Waals surface area contributed by atoms with E-state index in [-0.39, 0.29) is 11.9 Å². The number of amides is 1. The molecule has 0 atom stereocenters. The molecular weight excluding hydrogens is 270 g/mol. The summed E-state index contributed by atoms with van der Waals surface area (Å²) >= 11 is 6.92. The summed E-state index contributed by atoms with van der Waals surface area (Å²) in [4.78, 5) is 12.5. The summed E-state index contributed by atoms with van der Waals surface area (Å²) in [6.07, 6.45) is 0. The van der Waals surface area contributed by atoms with Gasteiger partial charge in [0.2, 0.25) is 0 Å². The number of carbonyl (C=O) groups excluding carboxylic acids is 1. The van der Waals surface area contributed by atoms with Gasteiger partial charge in [-0.3, -0.25) is 4.79 Å². The van der Waals surface area contributed by atoms with Crippen LogP contribution in [0.3, 0.4) is 0 Å². The van der Waals surface area contributed by atoms with E-state index in [0.717, 1.165) is 17.1 Å². The van der Waals surface area contributed by atoms with E-state index in [0.29, 0.717) is 15.6 Å². The van der Waals surface area contributed by atoms with Crippen LogP contribution in [0, 0.1) is 0 Å². The van der Waals surface area contributed by atoms with Crippen LogP contribution in [0.2, 0.25) is 5.02 Å². The molecule has 0 bridgehead atoms. The molecule has 1 amide bonds. The molecule has 1 N–H and O–H groups in total. The minimum absolute atomic E-state index is 0.0812. The quantitative estimate of drug-likeness (QED) is 0.941. The number of aromatic nitrogens is 2. The largest absolute Gasteiger partial charge is 0.349 e. The lowest BCUT2D eigenvalue weighted by atomic mass is 10.1. The smallest absolute Gasteiger partial charge is 0.265 e. The molecule has 0 fully saturated rings. The third kappa shape index (κ3) is 2.86. The molecule has 0 aliphatic heterocycles. The van der Waals surface area contributed by atoms with Crippen molar-refractivity contribution in [2.75, 3.05) is 0 Å². The SMILES string of the molecule is CC(C)NC(=O)c1snnc1-c1ccc(Cl)cc1. The van der Waals surface area contributed by atoms with Gasteiger partial charge in [-0.2, -0.15) is 0 Å². The summed E-state index contributed by atoms with van der Waals surface area (Å²) in [6, 6.07) is 7.26. The summed E-state index contributed by atoms with van der Waals surface area (Å²) in [6.45, 7) is 3.82. The first-order valence-corrected chi connectivity index (χ1v) is 6.62. The summed E-state index contributed by atoms with van der Waals surface area (Å²) in [7, 11) is 0. The van der Waals surface area contributed by atoms with Crippen molar-refractivity contribution in [2.24, 2.45) is 0 Å². The van der Waals surface area contributed by atoms with Crippen LogP contribution in [0.5, 0.6) is 0 Å². The van der Waals surface area contributed by atoms with E-state index >= 15 is 0 Å². The monoisotopic (exact) mass is 281 g/mol. The Hall–Kier alpha value is -1.46. The number of nitrogens with zero attached hydrogens (tertiary/aromatic N) is 2. The Morgan fingerprint density at radius 2 is 2.00 bits per heavy atom. The fourth-order valence-corrected chi connectivity index (χ4v) is 2.18. The zero-order chi connectivity index (χ0) is 13.1. The van der Waals surface area contributed by atoms with Crippen LogP contribution < -0.4 is 5.32 Å². The summed E-state index contributed by atoms with van der Waals surface area (Å²) in [5.41, 5.74) is 1.43. The molecule has 6 heteroatoms. The van der Waals surface area contributed by atoms with Crippen LogP contribution in [-0.2, 0) is 0 Å². The van der Waals surface area contributed by atoms with E-state index in [1.165, 1.54) is 0 Å². The van der Waals surface area contributed by atoms with Crippen molar-refractivity contribution in [2.45, 2.75) is 19.9 Å². The third-order valence-electron chi connectivity index (χ3n) is 2.23. The Labute approximate surface area is 114 Å². The maximum absolute atomic E-state index is 12.0. The highest BCUT2D eigenvalue weighted by Crippen LogP contribution is 2.25. The van der Waals surface area contributed by atoms with Crippen LogP contribution in [0.15, 0.2) is 24.3 Å². The number of hydrogen-bond acceptors (Lipinski definition) is 4. The number of benzene rings is 1. The van der Waals surface area contributed by atoms with Crippen molar-refractivity contribution in [3.05, 3.63) is 34.2 Å². The summed E-state index contributed by atoms with van der Waals surface area (Å²) in [5.74, 6) is -0.148. The lowest BCUT2D eigenvalue weighted by Crippen LogP contribution is -2.29. The normalized spacial score (nSPS) is 10.7. The van der Waals surface area contributed by atoms with Gasteiger partial charge in [0.25, 0.3) is 5.91 Å². The molecule has 94 valence electrons. The van der Waals surface area contributed by atoms with Gasteiger partial charge in [-0.15, -0.1) is 5.10 Å². The average molecular weight is 282 g/mol. The van der Waals surface area contributed by atoms with Crippen LogP contribution in [0.1, 0.15) is 23.5 Å². The predicted octanol–water partition coefficient (Wildman–Crippen LogP) is 3.00. The van der Waals surface area contributed by atoms with Gasteiger partial charge in [-0.05, 0) is 37.5 Å². The molecule has 0 spiro atoms. The molecule has 0 aliphatic rings. The minimum Gasteiger partial charge on any atom is -0.349 e. The van der Waals surface area contributed by atoms with Crippen molar-refractivity contribution in [1.82, 2.24) is 14.9 Å². The highest BCUT2D eigenvalue weighted by Gasteiger charge is 2.18. The molecular formula is C12H12ClN3OS. The molecule has 0 saturated carbocycles. The van der Waals surface area contributed by atoms with Gasteiger partial charge < -0.3 is 5.32 Å². The van der Waals surface area contributed by atoms with Crippen molar-refractivity contribution in [3.8, 4) is 11.3 Å². The van der Waals surface area contributed by atoms with Gasteiger partial charge >= 0.3 is 0 Å². The molecule has 0 aliphatic carbocycles. The topological polar surface area (TPSA) is 54.9 Å². The van der Waals surface area contributed by atoms with Gasteiger partial charge in [-0.1, -0.05) is 28.2 Å². The van der Waals surface area contributed by atoms with E-state index in [2.05, 4.69) is 14.9 Å². The van der Waals surface area contributed by atoms with Gasteiger partial charge in [0, 0.05) is 16.6 Å². The van der Waals surface area contributed by atoms with Crippen LogP contribution in [-0.4, -0.2) is 21.5 Å². The summed E-state index contributed by atoms with van der Waals surface area (Å²) in [5, 5.41) is 7.49. The number of carbonyl (C=O) groups is 1. The fraction of sp³-hybridized carbons (Fsp3) is 0.250.